The predicted octanol–water partition coefficient (Wildman–Crippen LogP) is 2.21. The lowest BCUT2D eigenvalue weighted by molar-refractivity contribution is 0.0960. The summed E-state index contributed by atoms with van der Waals surface area (Å²) in [6.45, 7) is 0. The molecule has 1 N–H and O–H groups in total. The third kappa shape index (κ3) is 2.49. The Kier molecular flexibility index (Phi) is 3.89. The molecule has 0 aromatic heterocycles. The van der Waals surface area contributed by atoms with Gasteiger partial charge < -0.3 is 5.32 Å². The van der Waals surface area contributed by atoms with Gasteiger partial charge in [0.2, 0.25) is 0 Å². The molecule has 0 aliphatic rings. The number of amides is 1. The van der Waals surface area contributed by atoms with E-state index >= 15 is 0 Å². The fraction of sp³-hybridized carbons (Fsp3) is 0.0714. The zero-order valence-corrected chi connectivity index (χ0v) is 10.7. The van der Waals surface area contributed by atoms with E-state index in [-0.39, 0.29) is 5.91 Å². The van der Waals surface area contributed by atoms with Crippen molar-refractivity contribution in [3.8, 4) is 0 Å². The Morgan fingerprint density at radius 2 is 1.61 bits per heavy atom. The molecule has 2 aromatic carbocycles. The third-order valence-electron chi connectivity index (χ3n) is 2.52. The molecule has 18 heavy (non-hydrogen) atoms. The predicted molar refractivity (Wildman–Crippen MR) is 70.9 cm³/mol. The average molecular weight is 259 g/mol. The molecule has 0 aliphatic carbocycles. The number of carbonyl (C=O) groups is 1. The molecule has 0 heterocycles. The fourth-order valence-corrected chi connectivity index (χ4v) is 2.84. The van der Waals surface area contributed by atoms with Gasteiger partial charge in [-0.2, -0.15) is 0 Å². The van der Waals surface area contributed by atoms with Gasteiger partial charge in [-0.15, -0.1) is 0 Å². The third-order valence-corrected chi connectivity index (χ3v) is 3.97. The van der Waals surface area contributed by atoms with Crippen LogP contribution in [0.5, 0.6) is 0 Å². The van der Waals surface area contributed by atoms with Crippen molar-refractivity contribution in [3.63, 3.8) is 0 Å². The largest absolute Gasteiger partial charge is 0.355 e. The molecule has 0 radical (unpaired) electrons. The molecule has 1 unspecified atom stereocenters. The van der Waals surface area contributed by atoms with Crippen molar-refractivity contribution >= 4 is 16.7 Å². The molecule has 2 rings (SSSR count). The number of rotatable bonds is 3. The molecule has 0 saturated heterocycles. The quantitative estimate of drug-likeness (QED) is 0.918. The summed E-state index contributed by atoms with van der Waals surface area (Å²) in [6, 6.07) is 16.0. The van der Waals surface area contributed by atoms with Gasteiger partial charge in [0.1, 0.15) is 0 Å². The highest BCUT2D eigenvalue weighted by Gasteiger charge is 2.15. The number of hydrogen-bond donors (Lipinski definition) is 1. The molecular weight excluding hydrogens is 246 g/mol. The highest BCUT2D eigenvalue weighted by molar-refractivity contribution is 7.85. The van der Waals surface area contributed by atoms with Gasteiger partial charge in [-0.1, -0.05) is 30.3 Å². The van der Waals surface area contributed by atoms with E-state index < -0.39 is 10.8 Å². The summed E-state index contributed by atoms with van der Waals surface area (Å²) >= 11 is 0. The lowest BCUT2D eigenvalue weighted by Gasteiger charge is -2.07. The number of carbonyl (C=O) groups excluding carboxylic acids is 1. The van der Waals surface area contributed by atoms with Gasteiger partial charge >= 0.3 is 0 Å². The summed E-state index contributed by atoms with van der Waals surface area (Å²) in [6.07, 6.45) is 0. The Labute approximate surface area is 108 Å². The minimum atomic E-state index is -1.34. The molecular formula is C14H13NO2S. The van der Waals surface area contributed by atoms with Gasteiger partial charge in [0, 0.05) is 11.9 Å². The molecule has 1 amide bonds. The maximum atomic E-state index is 12.4. The van der Waals surface area contributed by atoms with E-state index in [1.807, 2.05) is 18.2 Å². The summed E-state index contributed by atoms with van der Waals surface area (Å²) in [5.74, 6) is -0.227. The average Bonchev–Trinajstić information content (AvgIpc) is 2.46. The van der Waals surface area contributed by atoms with Gasteiger partial charge in [0.15, 0.2) is 0 Å². The minimum Gasteiger partial charge on any atom is -0.355 e. The van der Waals surface area contributed by atoms with Gasteiger partial charge in [0.05, 0.1) is 21.3 Å². The molecule has 0 saturated carbocycles. The van der Waals surface area contributed by atoms with Crippen LogP contribution in [0.25, 0.3) is 0 Å². The van der Waals surface area contributed by atoms with Gasteiger partial charge in [0.25, 0.3) is 5.91 Å². The van der Waals surface area contributed by atoms with Crippen LogP contribution in [0.2, 0.25) is 0 Å². The monoisotopic (exact) mass is 259 g/mol. The van der Waals surface area contributed by atoms with Crippen molar-refractivity contribution in [1.82, 2.24) is 5.32 Å². The van der Waals surface area contributed by atoms with Gasteiger partial charge in [-0.25, -0.2) is 4.21 Å². The zero-order chi connectivity index (χ0) is 13.0. The molecule has 1 atom stereocenters. The van der Waals surface area contributed by atoms with E-state index in [9.17, 15) is 9.00 Å². The van der Waals surface area contributed by atoms with Crippen LogP contribution in [0.4, 0.5) is 0 Å². The van der Waals surface area contributed by atoms with Crippen LogP contribution in [-0.2, 0) is 10.8 Å². The van der Waals surface area contributed by atoms with Crippen LogP contribution in [0.3, 0.4) is 0 Å². The lowest BCUT2D eigenvalue weighted by Crippen LogP contribution is -2.19. The van der Waals surface area contributed by atoms with Crippen molar-refractivity contribution in [2.75, 3.05) is 7.05 Å². The van der Waals surface area contributed by atoms with Crippen LogP contribution >= 0.6 is 0 Å². The van der Waals surface area contributed by atoms with Crippen molar-refractivity contribution in [3.05, 3.63) is 60.2 Å². The maximum absolute atomic E-state index is 12.4. The van der Waals surface area contributed by atoms with Gasteiger partial charge in [-0.3, -0.25) is 4.79 Å². The van der Waals surface area contributed by atoms with E-state index in [1.54, 1.807) is 43.4 Å². The van der Waals surface area contributed by atoms with Crippen molar-refractivity contribution in [1.29, 1.82) is 0 Å². The summed E-state index contributed by atoms with van der Waals surface area (Å²) in [4.78, 5) is 12.9. The second-order valence-corrected chi connectivity index (χ2v) is 5.11. The van der Waals surface area contributed by atoms with Crippen LogP contribution in [0.1, 0.15) is 10.4 Å². The summed E-state index contributed by atoms with van der Waals surface area (Å²) < 4.78 is 12.4. The van der Waals surface area contributed by atoms with Gasteiger partial charge in [-0.05, 0) is 24.3 Å². The van der Waals surface area contributed by atoms with E-state index in [2.05, 4.69) is 5.32 Å². The van der Waals surface area contributed by atoms with Crippen LogP contribution in [-0.4, -0.2) is 17.2 Å². The summed E-state index contributed by atoms with van der Waals surface area (Å²) in [5, 5.41) is 2.55. The lowest BCUT2D eigenvalue weighted by atomic mass is 10.2. The Morgan fingerprint density at radius 1 is 1.00 bits per heavy atom. The van der Waals surface area contributed by atoms with Crippen LogP contribution in [0, 0.1) is 0 Å². The zero-order valence-electron chi connectivity index (χ0n) is 9.92. The second kappa shape index (κ2) is 5.60. The molecule has 0 spiro atoms. The smallest absolute Gasteiger partial charge is 0.252 e. The topological polar surface area (TPSA) is 46.2 Å². The highest BCUT2D eigenvalue weighted by Crippen LogP contribution is 2.19. The second-order valence-electron chi connectivity index (χ2n) is 3.66. The first kappa shape index (κ1) is 12.5. The Hall–Kier alpha value is -1.94. The van der Waals surface area contributed by atoms with Crippen LogP contribution in [0.15, 0.2) is 64.4 Å². The van der Waals surface area contributed by atoms with E-state index in [4.69, 9.17) is 0 Å². The molecule has 3 nitrogen and oxygen atoms in total. The number of nitrogens with one attached hydrogen (secondary N) is 1. The van der Waals surface area contributed by atoms with Crippen molar-refractivity contribution in [2.24, 2.45) is 0 Å². The first-order valence-corrected chi connectivity index (χ1v) is 6.67. The molecule has 0 fully saturated rings. The fourth-order valence-electron chi connectivity index (χ4n) is 1.62. The summed E-state index contributed by atoms with van der Waals surface area (Å²) in [7, 11) is 0.219. The first-order chi connectivity index (χ1) is 8.74. The molecule has 4 heteroatoms. The Balaban J connectivity index is 2.46. The normalized spacial score (nSPS) is 11.8. The number of hydrogen-bond acceptors (Lipinski definition) is 2. The summed E-state index contributed by atoms with van der Waals surface area (Å²) in [5.41, 5.74) is 0.446. The van der Waals surface area contributed by atoms with Crippen molar-refractivity contribution < 1.29 is 9.00 Å². The molecule has 0 bridgehead atoms. The first-order valence-electron chi connectivity index (χ1n) is 5.52. The standard InChI is InChI=1S/C14H13NO2S/c1-15-14(16)12-9-5-6-10-13(12)18(17)11-7-3-2-4-8-11/h2-10H,1H3,(H,15,16). The maximum Gasteiger partial charge on any atom is 0.252 e. The molecule has 92 valence electrons. The van der Waals surface area contributed by atoms with E-state index in [1.165, 1.54) is 0 Å². The SMILES string of the molecule is CNC(=O)c1ccccc1S(=O)c1ccccc1. The molecule has 0 aliphatic heterocycles. The van der Waals surface area contributed by atoms with E-state index in [0.29, 0.717) is 15.4 Å². The highest BCUT2D eigenvalue weighted by atomic mass is 32.2. The van der Waals surface area contributed by atoms with Crippen molar-refractivity contribution in [2.45, 2.75) is 9.79 Å². The molecule has 2 aromatic rings. The Morgan fingerprint density at radius 3 is 2.28 bits per heavy atom. The van der Waals surface area contributed by atoms with E-state index in [0.717, 1.165) is 0 Å². The van der Waals surface area contributed by atoms with Crippen LogP contribution < -0.4 is 5.32 Å². The Bertz CT molecular complexity index is 581. The minimum absolute atomic E-state index is 0.227. The number of benzene rings is 2.